The van der Waals surface area contributed by atoms with Crippen molar-refractivity contribution in [1.82, 2.24) is 19.8 Å². The Hall–Kier alpha value is -3.52. The van der Waals surface area contributed by atoms with Crippen LogP contribution in [-0.4, -0.2) is 40.1 Å². The standard InChI is InChI=1S/C27H33ClN4O4/c1-17(2)36-23-12-9-19(16-21(23)28)24(33)30-22(25(34)29-6)15-18-7-10-20(11-8-18)31-13-14-32(26(31)35)27(3,4)5/h7-14,16-17,22H,15H2,1-6H3,(H,29,34)(H,30,33). The van der Waals surface area contributed by atoms with Crippen LogP contribution in [0.25, 0.3) is 5.69 Å². The van der Waals surface area contributed by atoms with Crippen molar-refractivity contribution in [1.29, 1.82) is 0 Å². The van der Waals surface area contributed by atoms with E-state index in [0.29, 0.717) is 22.0 Å². The van der Waals surface area contributed by atoms with Crippen molar-refractivity contribution in [2.24, 2.45) is 0 Å². The second kappa shape index (κ2) is 11.0. The van der Waals surface area contributed by atoms with Gasteiger partial charge in [-0.3, -0.25) is 18.7 Å². The second-order valence-corrected chi connectivity index (χ2v) is 10.2. The van der Waals surface area contributed by atoms with Gasteiger partial charge in [0.1, 0.15) is 11.8 Å². The molecule has 0 aliphatic carbocycles. The molecule has 8 nitrogen and oxygen atoms in total. The van der Waals surface area contributed by atoms with Crippen LogP contribution in [0, 0.1) is 0 Å². The number of rotatable bonds is 8. The van der Waals surface area contributed by atoms with Crippen LogP contribution < -0.4 is 21.1 Å². The van der Waals surface area contributed by atoms with Crippen LogP contribution in [0.4, 0.5) is 0 Å². The smallest absolute Gasteiger partial charge is 0.333 e. The maximum Gasteiger partial charge on any atom is 0.333 e. The number of halogens is 1. The lowest BCUT2D eigenvalue weighted by Gasteiger charge is -2.19. The summed E-state index contributed by atoms with van der Waals surface area (Å²) in [6.45, 7) is 9.68. The Morgan fingerprint density at radius 3 is 2.25 bits per heavy atom. The predicted molar refractivity (Wildman–Crippen MR) is 141 cm³/mol. The monoisotopic (exact) mass is 512 g/mol. The molecule has 9 heteroatoms. The number of carbonyl (C=O) groups is 2. The molecular weight excluding hydrogens is 480 g/mol. The Morgan fingerprint density at radius 2 is 1.72 bits per heavy atom. The molecule has 1 unspecified atom stereocenters. The highest BCUT2D eigenvalue weighted by Gasteiger charge is 2.22. The highest BCUT2D eigenvalue weighted by Crippen LogP contribution is 2.26. The fraction of sp³-hybridized carbons (Fsp3) is 0.370. The summed E-state index contributed by atoms with van der Waals surface area (Å²) in [7, 11) is 1.52. The summed E-state index contributed by atoms with van der Waals surface area (Å²) >= 11 is 6.27. The molecule has 1 aromatic heterocycles. The molecule has 1 heterocycles. The SMILES string of the molecule is CNC(=O)C(Cc1ccc(-n2ccn(C(C)(C)C)c2=O)cc1)NC(=O)c1ccc(OC(C)C)c(Cl)c1. The average molecular weight is 513 g/mol. The van der Waals surface area contributed by atoms with Gasteiger partial charge in [-0.25, -0.2) is 4.79 Å². The first-order valence-corrected chi connectivity index (χ1v) is 12.2. The number of imidazole rings is 1. The maximum absolute atomic E-state index is 12.9. The second-order valence-electron chi connectivity index (χ2n) is 9.81. The first-order valence-electron chi connectivity index (χ1n) is 11.8. The van der Waals surface area contributed by atoms with Gasteiger partial charge in [-0.2, -0.15) is 0 Å². The molecule has 0 aliphatic heterocycles. The van der Waals surface area contributed by atoms with Crippen molar-refractivity contribution in [3.8, 4) is 11.4 Å². The van der Waals surface area contributed by atoms with Crippen LogP contribution >= 0.6 is 11.6 Å². The van der Waals surface area contributed by atoms with E-state index in [0.717, 1.165) is 5.56 Å². The highest BCUT2D eigenvalue weighted by molar-refractivity contribution is 6.32. The minimum atomic E-state index is -0.802. The van der Waals surface area contributed by atoms with E-state index in [4.69, 9.17) is 16.3 Å². The van der Waals surface area contributed by atoms with Gasteiger partial charge in [-0.05, 0) is 70.5 Å². The summed E-state index contributed by atoms with van der Waals surface area (Å²) in [6, 6.07) is 11.3. The molecule has 0 saturated heterocycles. The Morgan fingerprint density at radius 1 is 1.06 bits per heavy atom. The first kappa shape index (κ1) is 27.1. The number of nitrogens with zero attached hydrogens (tertiary/aromatic N) is 2. The molecular formula is C27H33ClN4O4. The number of hydrogen-bond acceptors (Lipinski definition) is 4. The zero-order valence-electron chi connectivity index (χ0n) is 21.5. The van der Waals surface area contributed by atoms with Crippen molar-refractivity contribution in [3.63, 3.8) is 0 Å². The van der Waals surface area contributed by atoms with Gasteiger partial charge in [0.25, 0.3) is 5.91 Å². The van der Waals surface area contributed by atoms with E-state index in [1.165, 1.54) is 13.1 Å². The third-order valence-electron chi connectivity index (χ3n) is 5.58. The zero-order valence-corrected chi connectivity index (χ0v) is 22.2. The van der Waals surface area contributed by atoms with E-state index in [2.05, 4.69) is 10.6 Å². The van der Waals surface area contributed by atoms with Crippen LogP contribution in [0.5, 0.6) is 5.75 Å². The molecule has 2 aromatic carbocycles. The zero-order chi connectivity index (χ0) is 26.6. The molecule has 0 bridgehead atoms. The molecule has 3 aromatic rings. The highest BCUT2D eigenvalue weighted by atomic mass is 35.5. The fourth-order valence-electron chi connectivity index (χ4n) is 3.73. The summed E-state index contributed by atoms with van der Waals surface area (Å²) in [5, 5.41) is 5.70. The Balaban J connectivity index is 1.76. The summed E-state index contributed by atoms with van der Waals surface area (Å²) in [6.07, 6.45) is 3.72. The molecule has 0 saturated carbocycles. The molecule has 2 N–H and O–H groups in total. The average Bonchev–Trinajstić information content (AvgIpc) is 3.21. The molecule has 0 spiro atoms. The van der Waals surface area contributed by atoms with Crippen LogP contribution in [0.1, 0.15) is 50.5 Å². The molecule has 0 fully saturated rings. The number of nitrogens with one attached hydrogen (secondary N) is 2. The maximum atomic E-state index is 12.9. The number of aromatic nitrogens is 2. The molecule has 1 atom stereocenters. The number of hydrogen-bond donors (Lipinski definition) is 2. The third kappa shape index (κ3) is 6.37. The number of likely N-dealkylation sites (N-methyl/N-ethyl adjacent to an activating group) is 1. The van der Waals surface area contributed by atoms with Crippen molar-refractivity contribution in [2.45, 2.75) is 58.7 Å². The van der Waals surface area contributed by atoms with Gasteiger partial charge < -0.3 is 15.4 Å². The molecule has 192 valence electrons. The van der Waals surface area contributed by atoms with Gasteiger partial charge >= 0.3 is 5.69 Å². The van der Waals surface area contributed by atoms with E-state index < -0.39 is 11.9 Å². The van der Waals surface area contributed by atoms with Gasteiger partial charge in [0, 0.05) is 37.0 Å². The normalized spacial score (nSPS) is 12.3. The number of carbonyl (C=O) groups excluding carboxylic acids is 2. The van der Waals surface area contributed by atoms with Crippen LogP contribution in [0.2, 0.25) is 5.02 Å². The van der Waals surface area contributed by atoms with Gasteiger partial charge in [-0.1, -0.05) is 23.7 Å². The lowest BCUT2D eigenvalue weighted by molar-refractivity contribution is -0.122. The number of benzene rings is 2. The first-order chi connectivity index (χ1) is 16.9. The lowest BCUT2D eigenvalue weighted by atomic mass is 10.0. The largest absolute Gasteiger partial charge is 0.489 e. The van der Waals surface area contributed by atoms with E-state index >= 15 is 0 Å². The lowest BCUT2D eigenvalue weighted by Crippen LogP contribution is -2.47. The summed E-state index contributed by atoms with van der Waals surface area (Å²) in [4.78, 5) is 38.2. The number of amides is 2. The van der Waals surface area contributed by atoms with Crippen LogP contribution in [0.3, 0.4) is 0 Å². The van der Waals surface area contributed by atoms with E-state index in [1.54, 1.807) is 33.7 Å². The molecule has 2 amide bonds. The minimum absolute atomic E-state index is 0.0526. The summed E-state index contributed by atoms with van der Waals surface area (Å²) in [5.41, 5.74) is 1.41. The van der Waals surface area contributed by atoms with Crippen molar-refractivity contribution < 1.29 is 14.3 Å². The topological polar surface area (TPSA) is 94.4 Å². The molecule has 0 radical (unpaired) electrons. The van der Waals surface area contributed by atoms with Crippen molar-refractivity contribution in [2.75, 3.05) is 7.05 Å². The van der Waals surface area contributed by atoms with Crippen LogP contribution in [-0.2, 0) is 16.8 Å². The third-order valence-corrected chi connectivity index (χ3v) is 5.87. The van der Waals surface area contributed by atoms with E-state index in [9.17, 15) is 14.4 Å². The van der Waals surface area contributed by atoms with Gasteiger partial charge in [0.05, 0.1) is 16.8 Å². The number of ether oxygens (including phenoxy) is 1. The Labute approximate surface area is 216 Å². The fourth-order valence-corrected chi connectivity index (χ4v) is 3.95. The Bertz CT molecular complexity index is 1290. The predicted octanol–water partition coefficient (Wildman–Crippen LogP) is 3.92. The summed E-state index contributed by atoms with van der Waals surface area (Å²) in [5.74, 6) is -0.256. The molecule has 3 rings (SSSR count). The quantitative estimate of drug-likeness (QED) is 0.478. The van der Waals surface area contributed by atoms with Crippen molar-refractivity contribution >= 4 is 23.4 Å². The minimum Gasteiger partial charge on any atom is -0.489 e. The Kier molecular flexibility index (Phi) is 8.30. The van der Waals surface area contributed by atoms with Gasteiger partial charge in [-0.15, -0.1) is 0 Å². The van der Waals surface area contributed by atoms with Crippen molar-refractivity contribution in [3.05, 3.63) is 81.5 Å². The van der Waals surface area contributed by atoms with Gasteiger partial charge in [0.15, 0.2) is 0 Å². The molecule has 0 aliphatic rings. The van der Waals surface area contributed by atoms with E-state index in [-0.39, 0.29) is 29.7 Å². The van der Waals surface area contributed by atoms with Crippen LogP contribution in [0.15, 0.2) is 59.7 Å². The summed E-state index contributed by atoms with van der Waals surface area (Å²) < 4.78 is 8.86. The molecule has 36 heavy (non-hydrogen) atoms. The van der Waals surface area contributed by atoms with E-state index in [1.807, 2.05) is 58.9 Å². The van der Waals surface area contributed by atoms with Gasteiger partial charge in [0.2, 0.25) is 5.91 Å².